The van der Waals surface area contributed by atoms with Crippen LogP contribution in [-0.2, 0) is 10.3 Å². The first-order valence-electron chi connectivity index (χ1n) is 7.64. The zero-order valence-electron chi connectivity index (χ0n) is 13.2. The summed E-state index contributed by atoms with van der Waals surface area (Å²) in [6.45, 7) is 5.98. The summed E-state index contributed by atoms with van der Waals surface area (Å²) in [4.78, 5) is 28.9. The fraction of sp³-hybridized carbons (Fsp3) is 0.600. The van der Waals surface area contributed by atoms with Crippen molar-refractivity contribution in [2.45, 2.75) is 52.0 Å². The number of rotatable bonds is 2. The van der Waals surface area contributed by atoms with Crippen molar-refractivity contribution in [3.05, 3.63) is 22.9 Å². The van der Waals surface area contributed by atoms with E-state index in [-0.39, 0.29) is 22.9 Å². The molecule has 2 heterocycles. The standard InChI is InChI=1S/C15H21N5O2/c1-15(2,3)20-12-11(8-17-20)14(22)19(9-16-12)18-13(21)10-6-4-5-7-10/h8-10H,4-7H2,1-3H3,(H,18,21). The third-order valence-electron chi connectivity index (χ3n) is 4.08. The van der Waals surface area contributed by atoms with Gasteiger partial charge in [-0.3, -0.25) is 15.0 Å². The molecule has 0 saturated heterocycles. The van der Waals surface area contributed by atoms with Crippen molar-refractivity contribution in [2.24, 2.45) is 5.92 Å². The lowest BCUT2D eigenvalue weighted by Gasteiger charge is -2.19. The third kappa shape index (κ3) is 2.51. The van der Waals surface area contributed by atoms with E-state index in [2.05, 4.69) is 15.5 Å². The van der Waals surface area contributed by atoms with Crippen molar-refractivity contribution in [1.82, 2.24) is 19.4 Å². The molecule has 1 fully saturated rings. The molecule has 1 aliphatic carbocycles. The molecule has 1 aliphatic rings. The molecule has 1 amide bonds. The Morgan fingerprint density at radius 2 is 2.00 bits per heavy atom. The van der Waals surface area contributed by atoms with Gasteiger partial charge in [-0.2, -0.15) is 5.10 Å². The van der Waals surface area contributed by atoms with Gasteiger partial charge in [0.1, 0.15) is 11.7 Å². The molecule has 2 aromatic heterocycles. The number of nitrogens with one attached hydrogen (secondary N) is 1. The van der Waals surface area contributed by atoms with Crippen LogP contribution in [0.15, 0.2) is 17.3 Å². The van der Waals surface area contributed by atoms with Gasteiger partial charge in [-0.25, -0.2) is 14.3 Å². The lowest BCUT2D eigenvalue weighted by atomic mass is 10.1. The quantitative estimate of drug-likeness (QED) is 0.913. The molecule has 0 radical (unpaired) electrons. The molecule has 118 valence electrons. The van der Waals surface area contributed by atoms with Crippen LogP contribution in [0.4, 0.5) is 0 Å². The van der Waals surface area contributed by atoms with Gasteiger partial charge < -0.3 is 0 Å². The molecule has 2 aromatic rings. The molecule has 0 aliphatic heterocycles. The van der Waals surface area contributed by atoms with Crippen molar-refractivity contribution in [3.63, 3.8) is 0 Å². The van der Waals surface area contributed by atoms with Gasteiger partial charge in [0.05, 0.1) is 11.7 Å². The third-order valence-corrected chi connectivity index (χ3v) is 4.08. The van der Waals surface area contributed by atoms with Gasteiger partial charge in [0.2, 0.25) is 5.91 Å². The van der Waals surface area contributed by atoms with Gasteiger partial charge in [-0.1, -0.05) is 12.8 Å². The zero-order valence-corrected chi connectivity index (χ0v) is 13.2. The Bertz CT molecular complexity index is 762. The molecule has 0 aromatic carbocycles. The van der Waals surface area contributed by atoms with Crippen molar-refractivity contribution in [2.75, 3.05) is 5.43 Å². The second kappa shape index (κ2) is 5.23. The molecule has 0 spiro atoms. The fourth-order valence-electron chi connectivity index (χ4n) is 2.88. The topological polar surface area (TPSA) is 81.8 Å². The molecule has 1 saturated carbocycles. The maximum atomic E-state index is 12.5. The molecular weight excluding hydrogens is 282 g/mol. The maximum absolute atomic E-state index is 12.5. The molecule has 7 heteroatoms. The Labute approximate surface area is 128 Å². The van der Waals surface area contributed by atoms with Crippen LogP contribution in [0.25, 0.3) is 11.0 Å². The number of hydrogen-bond donors (Lipinski definition) is 1. The minimum absolute atomic E-state index is 0.0000969. The van der Waals surface area contributed by atoms with Crippen LogP contribution in [0.3, 0.4) is 0 Å². The van der Waals surface area contributed by atoms with E-state index >= 15 is 0 Å². The van der Waals surface area contributed by atoms with Gasteiger partial charge in [0.25, 0.3) is 5.56 Å². The highest BCUT2D eigenvalue weighted by atomic mass is 16.2. The summed E-state index contributed by atoms with van der Waals surface area (Å²) in [5.74, 6) is -0.108. The second-order valence-electron chi connectivity index (χ2n) is 6.84. The molecule has 0 unspecified atom stereocenters. The normalized spacial score (nSPS) is 16.3. The minimum Gasteiger partial charge on any atom is -0.273 e. The lowest BCUT2D eigenvalue weighted by molar-refractivity contribution is -0.120. The fourth-order valence-corrected chi connectivity index (χ4v) is 2.88. The van der Waals surface area contributed by atoms with Crippen LogP contribution in [0, 0.1) is 5.92 Å². The predicted octanol–water partition coefficient (Wildman–Crippen LogP) is 1.61. The molecule has 1 N–H and O–H groups in total. The summed E-state index contributed by atoms with van der Waals surface area (Å²) >= 11 is 0. The van der Waals surface area contributed by atoms with Crippen LogP contribution < -0.4 is 11.0 Å². The van der Waals surface area contributed by atoms with Crippen molar-refractivity contribution in [3.8, 4) is 0 Å². The highest BCUT2D eigenvalue weighted by Gasteiger charge is 2.24. The van der Waals surface area contributed by atoms with Crippen molar-refractivity contribution >= 4 is 16.9 Å². The number of fused-ring (bicyclic) bond motifs is 1. The SMILES string of the molecule is CC(C)(C)n1ncc2c(=O)n(NC(=O)C3CCCC3)cnc21. The van der Waals surface area contributed by atoms with Crippen LogP contribution in [-0.4, -0.2) is 25.3 Å². The van der Waals surface area contributed by atoms with E-state index in [1.807, 2.05) is 20.8 Å². The van der Waals surface area contributed by atoms with Gasteiger partial charge in [-0.05, 0) is 33.6 Å². The maximum Gasteiger partial charge on any atom is 0.283 e. The van der Waals surface area contributed by atoms with Gasteiger partial charge in [0.15, 0.2) is 5.65 Å². The summed E-state index contributed by atoms with van der Waals surface area (Å²) in [5, 5.41) is 4.66. The monoisotopic (exact) mass is 303 g/mol. The smallest absolute Gasteiger partial charge is 0.273 e. The summed E-state index contributed by atoms with van der Waals surface area (Å²) in [6, 6.07) is 0. The average molecular weight is 303 g/mol. The number of carbonyl (C=O) groups excluding carboxylic acids is 1. The summed E-state index contributed by atoms with van der Waals surface area (Å²) in [6.07, 6.45) is 6.79. The van der Waals surface area contributed by atoms with Crippen LogP contribution in [0.2, 0.25) is 0 Å². The molecular formula is C15H21N5O2. The van der Waals surface area contributed by atoms with E-state index in [0.717, 1.165) is 30.4 Å². The van der Waals surface area contributed by atoms with E-state index in [1.54, 1.807) is 4.68 Å². The van der Waals surface area contributed by atoms with E-state index < -0.39 is 0 Å². The molecule has 22 heavy (non-hydrogen) atoms. The van der Waals surface area contributed by atoms with Gasteiger partial charge >= 0.3 is 0 Å². The number of nitrogens with zero attached hydrogens (tertiary/aromatic N) is 4. The minimum atomic E-state index is -0.299. The molecule has 0 atom stereocenters. The molecule has 3 rings (SSSR count). The number of aromatic nitrogens is 4. The van der Waals surface area contributed by atoms with Crippen molar-refractivity contribution < 1.29 is 4.79 Å². The van der Waals surface area contributed by atoms with E-state index in [4.69, 9.17) is 0 Å². The highest BCUT2D eigenvalue weighted by Crippen LogP contribution is 2.24. The first-order valence-corrected chi connectivity index (χ1v) is 7.64. The Morgan fingerprint density at radius 3 is 2.64 bits per heavy atom. The Hall–Kier alpha value is -2.18. The average Bonchev–Trinajstić information content (AvgIpc) is 3.09. The summed E-state index contributed by atoms with van der Waals surface area (Å²) < 4.78 is 2.88. The Morgan fingerprint density at radius 1 is 1.32 bits per heavy atom. The number of amides is 1. The van der Waals surface area contributed by atoms with Crippen molar-refractivity contribution in [1.29, 1.82) is 0 Å². The summed E-state index contributed by atoms with van der Waals surface area (Å²) in [7, 11) is 0. The van der Waals surface area contributed by atoms with Gasteiger partial charge in [0, 0.05) is 5.92 Å². The van der Waals surface area contributed by atoms with Crippen LogP contribution in [0.5, 0.6) is 0 Å². The Balaban J connectivity index is 1.94. The lowest BCUT2D eigenvalue weighted by Crippen LogP contribution is -2.36. The first-order chi connectivity index (χ1) is 10.4. The first kappa shape index (κ1) is 14.7. The summed E-state index contributed by atoms with van der Waals surface area (Å²) in [5.41, 5.74) is 2.63. The number of hydrogen-bond acceptors (Lipinski definition) is 4. The molecule has 7 nitrogen and oxygen atoms in total. The zero-order chi connectivity index (χ0) is 15.9. The van der Waals surface area contributed by atoms with Crippen LogP contribution >= 0.6 is 0 Å². The van der Waals surface area contributed by atoms with E-state index in [0.29, 0.717) is 11.0 Å². The highest BCUT2D eigenvalue weighted by molar-refractivity contribution is 5.86. The van der Waals surface area contributed by atoms with Crippen LogP contribution in [0.1, 0.15) is 46.5 Å². The number of carbonyl (C=O) groups is 1. The largest absolute Gasteiger partial charge is 0.283 e. The predicted molar refractivity (Wildman–Crippen MR) is 83.1 cm³/mol. The van der Waals surface area contributed by atoms with E-state index in [1.165, 1.54) is 12.5 Å². The molecule has 0 bridgehead atoms. The Kier molecular flexibility index (Phi) is 3.50. The van der Waals surface area contributed by atoms with Gasteiger partial charge in [-0.15, -0.1) is 0 Å². The second-order valence-corrected chi connectivity index (χ2v) is 6.84. The van der Waals surface area contributed by atoms with E-state index in [9.17, 15) is 9.59 Å².